The van der Waals surface area contributed by atoms with Crippen LogP contribution in [0.2, 0.25) is 0 Å². The molecule has 4 heteroatoms. The van der Waals surface area contributed by atoms with Gasteiger partial charge in [0.05, 0.1) is 0 Å². The fourth-order valence-electron chi connectivity index (χ4n) is 3.45. The average molecular weight is 279 g/mol. The monoisotopic (exact) mass is 279 g/mol. The van der Waals surface area contributed by atoms with Crippen LogP contribution in [0.4, 0.5) is 0 Å². The molecule has 1 atom stereocenters. The summed E-state index contributed by atoms with van der Waals surface area (Å²) >= 11 is 0. The minimum atomic E-state index is -0.934. The molecule has 21 heavy (non-hydrogen) atoms. The van der Waals surface area contributed by atoms with Crippen molar-refractivity contribution in [2.24, 2.45) is 5.73 Å². The number of rotatable bonds is 1. The number of para-hydroxylation sites is 1. The van der Waals surface area contributed by atoms with Crippen LogP contribution < -0.4 is 5.73 Å². The Bertz CT molecular complexity index is 822. The van der Waals surface area contributed by atoms with Crippen molar-refractivity contribution >= 4 is 16.8 Å². The topological polar surface area (TPSA) is 62.1 Å². The molecule has 1 aliphatic carbocycles. The molecule has 0 aromatic heterocycles. The highest BCUT2D eigenvalue weighted by atomic mass is 16.2. The molecule has 0 bridgehead atoms. The van der Waals surface area contributed by atoms with Gasteiger partial charge in [-0.25, -0.2) is 0 Å². The molecule has 3 aliphatic rings. The molecule has 4 rings (SSSR count). The first-order valence-corrected chi connectivity index (χ1v) is 7.15. The summed E-state index contributed by atoms with van der Waals surface area (Å²) in [5.74, 6) is 0.00125. The molecule has 0 radical (unpaired) electrons. The lowest BCUT2D eigenvalue weighted by Crippen LogP contribution is -2.45. The molecule has 1 aromatic carbocycles. The van der Waals surface area contributed by atoms with Gasteiger partial charge in [0.1, 0.15) is 5.54 Å². The van der Waals surface area contributed by atoms with E-state index in [1.54, 1.807) is 4.90 Å². The molecule has 1 amide bonds. The molecular weight excluding hydrogens is 262 g/mol. The summed E-state index contributed by atoms with van der Waals surface area (Å²) < 4.78 is 0. The highest BCUT2D eigenvalue weighted by molar-refractivity contribution is 6.00. The van der Waals surface area contributed by atoms with Crippen molar-refractivity contribution in [3.8, 4) is 11.3 Å². The van der Waals surface area contributed by atoms with Crippen LogP contribution in [0, 0.1) is 0 Å². The van der Waals surface area contributed by atoms with Gasteiger partial charge < -0.3 is 15.6 Å². The van der Waals surface area contributed by atoms with E-state index in [1.807, 2.05) is 49.5 Å². The minimum Gasteiger partial charge on any atom is -0.355 e. The maximum Gasteiger partial charge on any atom is 0.247 e. The van der Waals surface area contributed by atoms with Crippen LogP contribution in [-0.2, 0) is 10.3 Å². The number of hydrogen-bond acceptors (Lipinski definition) is 2. The van der Waals surface area contributed by atoms with Crippen LogP contribution in [0.15, 0.2) is 42.5 Å². The third-order valence-electron chi connectivity index (χ3n) is 4.57. The fourth-order valence-corrected chi connectivity index (χ4v) is 3.45. The normalized spacial score (nSPS) is 22.6. The smallest absolute Gasteiger partial charge is 0.247 e. The summed E-state index contributed by atoms with van der Waals surface area (Å²) in [6.45, 7) is 0.699. The number of hydrogen-bond donors (Lipinski definition) is 2. The number of carbonyl (C=O) groups excluding carboxylic acids is 1. The largest absolute Gasteiger partial charge is 0.355 e. The van der Waals surface area contributed by atoms with Gasteiger partial charge in [-0.05, 0) is 18.6 Å². The van der Waals surface area contributed by atoms with Crippen molar-refractivity contribution in [1.29, 1.82) is 0 Å². The van der Waals surface area contributed by atoms with Crippen LogP contribution in [-0.4, -0.2) is 29.4 Å². The highest BCUT2D eigenvalue weighted by Gasteiger charge is 2.46. The number of aromatic nitrogens is 1. The second-order valence-electron chi connectivity index (χ2n) is 5.85. The fraction of sp³-hybridized carbons (Fsp3) is 0.235. The molecule has 1 fully saturated rings. The Balaban J connectivity index is 2.11. The molecular formula is C17H17N3O. The number of fused-ring (bicyclic) bond motifs is 2. The van der Waals surface area contributed by atoms with E-state index in [0.29, 0.717) is 13.0 Å². The Labute approximate surface area is 122 Å². The van der Waals surface area contributed by atoms with Crippen LogP contribution in [0.3, 0.4) is 0 Å². The zero-order chi connectivity index (χ0) is 14.6. The first-order valence-electron chi connectivity index (χ1n) is 7.15. The SMILES string of the molecule is CN1CCC(N)(c2c3cccc-3[nH]c3ccccc23)C1=O. The number of nitrogens with one attached hydrogen (secondary N) is 1. The number of H-pyrrole nitrogens is 1. The predicted molar refractivity (Wildman–Crippen MR) is 83.0 cm³/mol. The lowest BCUT2D eigenvalue weighted by Gasteiger charge is -2.27. The Morgan fingerprint density at radius 3 is 2.76 bits per heavy atom. The maximum absolute atomic E-state index is 12.6. The van der Waals surface area contributed by atoms with E-state index >= 15 is 0 Å². The van der Waals surface area contributed by atoms with Crippen LogP contribution in [0.25, 0.3) is 22.2 Å². The second kappa shape index (κ2) is 4.09. The molecule has 1 unspecified atom stereocenters. The van der Waals surface area contributed by atoms with Gasteiger partial charge in [0.2, 0.25) is 5.91 Å². The molecule has 2 aliphatic heterocycles. The molecule has 1 saturated heterocycles. The lowest BCUT2D eigenvalue weighted by atomic mass is 9.83. The Morgan fingerprint density at radius 2 is 2.00 bits per heavy atom. The number of likely N-dealkylation sites (tertiary alicyclic amines) is 1. The predicted octanol–water partition coefficient (Wildman–Crippen LogP) is 2.29. The molecule has 106 valence electrons. The van der Waals surface area contributed by atoms with Gasteiger partial charge in [-0.1, -0.05) is 30.3 Å². The summed E-state index contributed by atoms with van der Waals surface area (Å²) in [5, 5.41) is 1.03. The van der Waals surface area contributed by atoms with Crippen LogP contribution in [0.5, 0.6) is 0 Å². The zero-order valence-corrected chi connectivity index (χ0v) is 11.9. The van der Waals surface area contributed by atoms with Crippen molar-refractivity contribution < 1.29 is 4.79 Å². The molecule has 3 N–H and O–H groups in total. The second-order valence-corrected chi connectivity index (χ2v) is 5.85. The van der Waals surface area contributed by atoms with E-state index in [9.17, 15) is 4.79 Å². The maximum atomic E-state index is 12.6. The number of aromatic amines is 1. The van der Waals surface area contributed by atoms with E-state index in [1.165, 1.54) is 0 Å². The van der Waals surface area contributed by atoms with Crippen molar-refractivity contribution in [3.63, 3.8) is 0 Å². The number of amides is 1. The summed E-state index contributed by atoms with van der Waals surface area (Å²) in [5.41, 5.74) is 9.69. The number of benzene rings is 1. The number of nitrogens with zero attached hydrogens (tertiary/aromatic N) is 1. The summed E-state index contributed by atoms with van der Waals surface area (Å²) in [6, 6.07) is 14.1. The van der Waals surface area contributed by atoms with Crippen molar-refractivity contribution in [2.75, 3.05) is 13.6 Å². The Kier molecular flexibility index (Phi) is 2.41. The Morgan fingerprint density at radius 1 is 1.19 bits per heavy atom. The third kappa shape index (κ3) is 1.56. The summed E-state index contributed by atoms with van der Waals surface area (Å²) in [7, 11) is 1.82. The molecule has 0 spiro atoms. The van der Waals surface area contributed by atoms with E-state index in [-0.39, 0.29) is 5.91 Å². The highest BCUT2D eigenvalue weighted by Crippen LogP contribution is 2.41. The van der Waals surface area contributed by atoms with Gasteiger partial charge in [0.15, 0.2) is 0 Å². The molecule has 2 heterocycles. The number of pyridine rings is 1. The van der Waals surface area contributed by atoms with Crippen molar-refractivity contribution in [1.82, 2.24) is 9.88 Å². The first kappa shape index (κ1) is 12.4. The van der Waals surface area contributed by atoms with E-state index in [4.69, 9.17) is 5.73 Å². The summed E-state index contributed by atoms with van der Waals surface area (Å²) in [4.78, 5) is 17.8. The quantitative estimate of drug-likeness (QED) is 0.718. The van der Waals surface area contributed by atoms with Gasteiger partial charge in [-0.3, -0.25) is 4.79 Å². The standard InChI is InChI=1S/C17H17N3O/c1-20-10-9-17(18,16(20)21)15-11-5-2-3-7-13(11)19-14-8-4-6-12(14)15/h2-8,19H,9-10,18H2,1H3. The van der Waals surface area contributed by atoms with Gasteiger partial charge in [0, 0.05) is 41.3 Å². The van der Waals surface area contributed by atoms with Gasteiger partial charge in [0.25, 0.3) is 0 Å². The van der Waals surface area contributed by atoms with E-state index in [0.717, 1.165) is 27.7 Å². The first-order chi connectivity index (χ1) is 10.1. The molecule has 0 saturated carbocycles. The zero-order valence-electron chi connectivity index (χ0n) is 11.9. The minimum absolute atomic E-state index is 0.00125. The van der Waals surface area contributed by atoms with Gasteiger partial charge in [-0.2, -0.15) is 0 Å². The van der Waals surface area contributed by atoms with Crippen molar-refractivity contribution in [2.45, 2.75) is 12.0 Å². The van der Waals surface area contributed by atoms with Gasteiger partial charge in [-0.15, -0.1) is 0 Å². The number of nitrogens with two attached hydrogens (primary N) is 1. The average Bonchev–Trinajstić information content (AvgIpc) is 3.05. The van der Waals surface area contributed by atoms with Gasteiger partial charge >= 0.3 is 0 Å². The number of carbonyl (C=O) groups is 1. The lowest BCUT2D eigenvalue weighted by molar-refractivity contribution is -0.131. The van der Waals surface area contributed by atoms with E-state index < -0.39 is 5.54 Å². The van der Waals surface area contributed by atoms with E-state index in [2.05, 4.69) is 4.98 Å². The molecule has 4 nitrogen and oxygen atoms in total. The van der Waals surface area contributed by atoms with Crippen LogP contribution in [0.1, 0.15) is 12.0 Å². The Hall–Kier alpha value is -2.33. The number of likely N-dealkylation sites (N-methyl/N-ethyl adjacent to an activating group) is 1. The van der Waals surface area contributed by atoms with Crippen LogP contribution >= 0.6 is 0 Å². The molecule has 1 aromatic rings. The summed E-state index contributed by atoms with van der Waals surface area (Å²) in [6.07, 6.45) is 0.649. The van der Waals surface area contributed by atoms with Crippen molar-refractivity contribution in [3.05, 3.63) is 48.0 Å². The third-order valence-corrected chi connectivity index (χ3v) is 4.57.